The van der Waals surface area contributed by atoms with Crippen LogP contribution in [0.2, 0.25) is 0 Å². The van der Waals surface area contributed by atoms with Gasteiger partial charge in [-0.25, -0.2) is 9.97 Å². The van der Waals surface area contributed by atoms with Crippen LogP contribution in [-0.2, 0) is 11.3 Å². The molecule has 8 heteroatoms. The van der Waals surface area contributed by atoms with E-state index >= 15 is 0 Å². The molecule has 0 aliphatic carbocycles. The molecule has 0 spiro atoms. The van der Waals surface area contributed by atoms with E-state index in [0.29, 0.717) is 36.4 Å². The van der Waals surface area contributed by atoms with Gasteiger partial charge >= 0.3 is 0 Å². The van der Waals surface area contributed by atoms with E-state index in [9.17, 15) is 9.59 Å². The normalized spacial score (nSPS) is 14.7. The number of nitrogens with one attached hydrogen (secondary N) is 1. The maximum Gasteiger partial charge on any atom is 0.261 e. The summed E-state index contributed by atoms with van der Waals surface area (Å²) in [4.78, 5) is 36.2. The molecular formula is C24H24N6O2. The fraction of sp³-hybridized carbons (Fsp3) is 0.292. The third-order valence-electron chi connectivity index (χ3n) is 6.07. The highest BCUT2D eigenvalue weighted by Gasteiger charge is 2.26. The summed E-state index contributed by atoms with van der Waals surface area (Å²) in [6, 6.07) is 17.1. The van der Waals surface area contributed by atoms with Crippen LogP contribution in [0.5, 0.6) is 0 Å². The van der Waals surface area contributed by atoms with Crippen LogP contribution in [0.25, 0.3) is 22.3 Å². The van der Waals surface area contributed by atoms with Gasteiger partial charge < -0.3 is 4.90 Å². The van der Waals surface area contributed by atoms with Gasteiger partial charge in [0, 0.05) is 37.5 Å². The van der Waals surface area contributed by atoms with E-state index < -0.39 is 0 Å². The highest BCUT2D eigenvalue weighted by Crippen LogP contribution is 2.27. The number of fused-ring (bicyclic) bond motifs is 1. The fourth-order valence-electron chi connectivity index (χ4n) is 4.22. The Morgan fingerprint density at radius 3 is 2.59 bits per heavy atom. The molecule has 1 amide bonds. The highest BCUT2D eigenvalue weighted by molar-refractivity contribution is 5.77. The maximum absolute atomic E-state index is 12.7. The number of carbonyl (C=O) groups is 1. The molecule has 0 unspecified atom stereocenters. The van der Waals surface area contributed by atoms with Gasteiger partial charge in [-0.3, -0.25) is 19.3 Å². The molecule has 8 nitrogen and oxygen atoms in total. The van der Waals surface area contributed by atoms with Crippen LogP contribution in [0, 0.1) is 0 Å². The largest absolute Gasteiger partial charge is 0.343 e. The molecule has 1 aliphatic heterocycles. The van der Waals surface area contributed by atoms with Gasteiger partial charge in [-0.2, -0.15) is 5.10 Å². The van der Waals surface area contributed by atoms with E-state index in [1.54, 1.807) is 6.07 Å². The lowest BCUT2D eigenvalue weighted by molar-refractivity contribution is -0.132. The van der Waals surface area contributed by atoms with Crippen molar-refractivity contribution in [2.45, 2.75) is 31.7 Å². The summed E-state index contributed by atoms with van der Waals surface area (Å²) in [7, 11) is 0. The highest BCUT2D eigenvalue weighted by atomic mass is 16.2. The van der Waals surface area contributed by atoms with Gasteiger partial charge in [0.15, 0.2) is 5.82 Å². The number of amides is 1. The van der Waals surface area contributed by atoms with Crippen molar-refractivity contribution in [3.05, 3.63) is 77.1 Å². The zero-order chi connectivity index (χ0) is 21.9. The first-order valence-corrected chi connectivity index (χ1v) is 10.9. The van der Waals surface area contributed by atoms with Gasteiger partial charge in [-0.1, -0.05) is 42.5 Å². The Bertz CT molecular complexity index is 1290. The minimum absolute atomic E-state index is 0.0612. The van der Waals surface area contributed by atoms with E-state index in [1.165, 1.54) is 10.9 Å². The van der Waals surface area contributed by atoms with Crippen LogP contribution in [-0.4, -0.2) is 48.6 Å². The summed E-state index contributed by atoms with van der Waals surface area (Å²) >= 11 is 0. The number of piperidine rings is 1. The second-order valence-corrected chi connectivity index (χ2v) is 8.08. The molecule has 2 aromatic heterocycles. The number of H-pyrrole nitrogens is 1. The van der Waals surface area contributed by atoms with Crippen LogP contribution in [0.3, 0.4) is 0 Å². The van der Waals surface area contributed by atoms with Crippen molar-refractivity contribution in [1.82, 2.24) is 29.6 Å². The number of nitrogens with zero attached hydrogens (tertiary/aromatic N) is 5. The number of likely N-dealkylation sites (tertiary alicyclic amines) is 1. The Hall–Kier alpha value is -3.81. The Morgan fingerprint density at radius 2 is 1.78 bits per heavy atom. The van der Waals surface area contributed by atoms with Crippen molar-refractivity contribution in [2.75, 3.05) is 13.1 Å². The molecular weight excluding hydrogens is 404 g/mol. The summed E-state index contributed by atoms with van der Waals surface area (Å²) in [5.74, 6) is 1.90. The minimum atomic E-state index is -0.110. The quantitative estimate of drug-likeness (QED) is 0.527. The number of aromatic nitrogens is 5. The van der Waals surface area contributed by atoms with Gasteiger partial charge in [0.1, 0.15) is 5.82 Å². The molecule has 32 heavy (non-hydrogen) atoms. The lowest BCUT2D eigenvalue weighted by Gasteiger charge is -2.31. The number of carbonyl (C=O) groups excluding carboxylic acids is 1. The summed E-state index contributed by atoms with van der Waals surface area (Å²) in [6.07, 6.45) is 3.49. The van der Waals surface area contributed by atoms with Gasteiger partial charge in [-0.05, 0) is 25.0 Å². The molecule has 1 N–H and O–H groups in total. The van der Waals surface area contributed by atoms with Crippen LogP contribution < -0.4 is 5.56 Å². The third kappa shape index (κ3) is 4.03. The first-order valence-electron chi connectivity index (χ1n) is 10.9. The standard InChI is InChI=1S/C24H24N6O2/c31-21(12-15-30-16-25-20-9-5-4-8-19(20)24(30)32)29-13-10-18(11-14-29)23-26-22(27-28-23)17-6-2-1-3-7-17/h1-9,16,18H,10-15H2,(H,26,27,28). The molecule has 0 saturated carbocycles. The number of benzene rings is 2. The lowest BCUT2D eigenvalue weighted by Crippen LogP contribution is -2.38. The topological polar surface area (TPSA) is 96.8 Å². The van der Waals surface area contributed by atoms with Gasteiger partial charge in [0.25, 0.3) is 5.56 Å². The Morgan fingerprint density at radius 1 is 1.03 bits per heavy atom. The molecule has 1 saturated heterocycles. The molecule has 0 radical (unpaired) electrons. The Kier molecular flexibility index (Phi) is 5.49. The Balaban J connectivity index is 1.17. The summed E-state index contributed by atoms with van der Waals surface area (Å²) in [5.41, 5.74) is 1.55. The van der Waals surface area contributed by atoms with E-state index in [4.69, 9.17) is 0 Å². The molecule has 5 rings (SSSR count). The van der Waals surface area contributed by atoms with Crippen molar-refractivity contribution in [3.8, 4) is 11.4 Å². The molecule has 0 atom stereocenters. The van der Waals surface area contributed by atoms with Crippen molar-refractivity contribution < 1.29 is 4.79 Å². The van der Waals surface area contributed by atoms with E-state index in [2.05, 4.69) is 20.2 Å². The second kappa shape index (κ2) is 8.74. The molecule has 4 aromatic rings. The number of aryl methyl sites for hydroxylation is 1. The van der Waals surface area contributed by atoms with Crippen molar-refractivity contribution in [2.24, 2.45) is 0 Å². The number of aromatic amines is 1. The van der Waals surface area contributed by atoms with E-state index in [0.717, 1.165) is 24.2 Å². The summed E-state index contributed by atoms with van der Waals surface area (Å²) < 4.78 is 1.52. The predicted octanol–water partition coefficient (Wildman–Crippen LogP) is 2.98. The fourth-order valence-corrected chi connectivity index (χ4v) is 4.22. The third-order valence-corrected chi connectivity index (χ3v) is 6.07. The number of hydrogen-bond donors (Lipinski definition) is 1. The van der Waals surface area contributed by atoms with Crippen LogP contribution in [0.1, 0.15) is 31.0 Å². The zero-order valence-electron chi connectivity index (χ0n) is 17.6. The van der Waals surface area contributed by atoms with Gasteiger partial charge in [0.2, 0.25) is 5.91 Å². The van der Waals surface area contributed by atoms with Crippen molar-refractivity contribution >= 4 is 16.8 Å². The molecule has 3 heterocycles. The first kappa shape index (κ1) is 20.1. The van der Waals surface area contributed by atoms with E-state index in [-0.39, 0.29) is 23.8 Å². The molecule has 2 aromatic carbocycles. The van der Waals surface area contributed by atoms with Crippen molar-refractivity contribution in [1.29, 1.82) is 0 Å². The lowest BCUT2D eigenvalue weighted by atomic mass is 9.96. The van der Waals surface area contributed by atoms with Crippen LogP contribution >= 0.6 is 0 Å². The number of para-hydroxylation sites is 1. The van der Waals surface area contributed by atoms with Gasteiger partial charge in [0.05, 0.1) is 17.2 Å². The predicted molar refractivity (Wildman–Crippen MR) is 121 cm³/mol. The maximum atomic E-state index is 12.7. The average molecular weight is 428 g/mol. The van der Waals surface area contributed by atoms with E-state index in [1.807, 2.05) is 53.4 Å². The Labute approximate surface area is 184 Å². The smallest absolute Gasteiger partial charge is 0.261 e. The zero-order valence-corrected chi connectivity index (χ0v) is 17.6. The summed E-state index contributed by atoms with van der Waals surface area (Å²) in [5, 5.41) is 8.00. The first-order chi connectivity index (χ1) is 15.7. The minimum Gasteiger partial charge on any atom is -0.343 e. The monoisotopic (exact) mass is 428 g/mol. The molecule has 162 valence electrons. The van der Waals surface area contributed by atoms with Crippen LogP contribution in [0.15, 0.2) is 65.7 Å². The SMILES string of the molecule is O=C(CCn1cnc2ccccc2c1=O)N1CCC(c2nc(-c3ccccc3)n[nH]2)CC1. The molecule has 0 bridgehead atoms. The number of rotatable bonds is 5. The molecule has 1 fully saturated rings. The van der Waals surface area contributed by atoms with Crippen LogP contribution in [0.4, 0.5) is 0 Å². The average Bonchev–Trinajstić information content (AvgIpc) is 3.35. The van der Waals surface area contributed by atoms with Gasteiger partial charge in [-0.15, -0.1) is 0 Å². The second-order valence-electron chi connectivity index (χ2n) is 8.08. The summed E-state index contributed by atoms with van der Waals surface area (Å²) in [6.45, 7) is 1.68. The molecule has 1 aliphatic rings. The van der Waals surface area contributed by atoms with Crippen molar-refractivity contribution in [3.63, 3.8) is 0 Å². The number of hydrogen-bond acceptors (Lipinski definition) is 5.